The fraction of sp³-hybridized carbons (Fsp3) is 0.273. The largest absolute Gasteiger partial charge is 0.480 e. The van der Waals surface area contributed by atoms with Gasteiger partial charge in [0.05, 0.1) is 0 Å². The summed E-state index contributed by atoms with van der Waals surface area (Å²) in [5, 5.41) is 8.85. The zero-order valence-corrected chi connectivity index (χ0v) is 8.98. The van der Waals surface area contributed by atoms with Gasteiger partial charge in [-0.2, -0.15) is 0 Å². The number of benzene rings is 1. The summed E-state index contributed by atoms with van der Waals surface area (Å²) in [5.41, 5.74) is 0.365. The molecule has 0 aliphatic rings. The number of carboxylic acids is 1. The number of carboxylic acid groups (broad SMARTS) is 1. The maximum atomic E-state index is 12.7. The number of carbonyl (C=O) groups is 2. The third-order valence-electron chi connectivity index (χ3n) is 2.19. The van der Waals surface area contributed by atoms with Crippen molar-refractivity contribution in [1.29, 1.82) is 0 Å². The Kier molecular flexibility index (Phi) is 3.60. The SMILES string of the molecule is CC(=O)N(c1ccc(F)cc1)[C@@H](C)C(=O)O. The number of halogens is 1. The molecule has 5 heteroatoms. The molecular formula is C11H12FNO3. The Morgan fingerprint density at radius 3 is 2.19 bits per heavy atom. The Morgan fingerprint density at radius 2 is 1.81 bits per heavy atom. The summed E-state index contributed by atoms with van der Waals surface area (Å²) in [6.07, 6.45) is 0. The van der Waals surface area contributed by atoms with Gasteiger partial charge in [0.15, 0.2) is 0 Å². The molecule has 0 unspecified atom stereocenters. The van der Waals surface area contributed by atoms with E-state index in [0.717, 1.165) is 4.90 Å². The second-order valence-electron chi connectivity index (χ2n) is 3.38. The van der Waals surface area contributed by atoms with Crippen LogP contribution in [0.4, 0.5) is 10.1 Å². The Labute approximate surface area is 92.3 Å². The van der Waals surface area contributed by atoms with E-state index in [0.29, 0.717) is 5.69 Å². The number of rotatable bonds is 3. The van der Waals surface area contributed by atoms with E-state index in [4.69, 9.17) is 5.11 Å². The minimum absolute atomic E-state index is 0.365. The number of amides is 1. The highest BCUT2D eigenvalue weighted by Crippen LogP contribution is 2.18. The molecule has 1 aromatic carbocycles. The maximum Gasteiger partial charge on any atom is 0.326 e. The average Bonchev–Trinajstić information content (AvgIpc) is 2.20. The highest BCUT2D eigenvalue weighted by atomic mass is 19.1. The van der Waals surface area contributed by atoms with Gasteiger partial charge in [-0.1, -0.05) is 0 Å². The molecular weight excluding hydrogens is 213 g/mol. The molecule has 1 atom stereocenters. The van der Waals surface area contributed by atoms with Crippen LogP contribution in [-0.4, -0.2) is 23.0 Å². The lowest BCUT2D eigenvalue weighted by molar-refractivity contribution is -0.139. The fourth-order valence-corrected chi connectivity index (χ4v) is 1.39. The van der Waals surface area contributed by atoms with Gasteiger partial charge in [0.25, 0.3) is 0 Å². The standard InChI is InChI=1S/C11H12FNO3/c1-7(11(15)16)13(8(2)14)10-5-3-9(12)4-6-10/h3-7H,1-2H3,(H,15,16)/t7-/m0/s1. The van der Waals surface area contributed by atoms with Crippen molar-refractivity contribution in [2.75, 3.05) is 4.90 Å². The van der Waals surface area contributed by atoms with Crippen molar-refractivity contribution in [3.63, 3.8) is 0 Å². The Balaban J connectivity index is 3.07. The Bertz CT molecular complexity index is 402. The molecule has 16 heavy (non-hydrogen) atoms. The van der Waals surface area contributed by atoms with E-state index >= 15 is 0 Å². The van der Waals surface area contributed by atoms with Crippen LogP contribution in [0.25, 0.3) is 0 Å². The van der Waals surface area contributed by atoms with E-state index in [-0.39, 0.29) is 0 Å². The van der Waals surface area contributed by atoms with Gasteiger partial charge in [-0.05, 0) is 31.2 Å². The van der Waals surface area contributed by atoms with Crippen LogP contribution in [0.3, 0.4) is 0 Å². The molecule has 0 aliphatic heterocycles. The van der Waals surface area contributed by atoms with Crippen molar-refractivity contribution < 1.29 is 19.1 Å². The molecule has 0 spiro atoms. The van der Waals surface area contributed by atoms with Crippen LogP contribution >= 0.6 is 0 Å². The molecule has 0 saturated carbocycles. The molecule has 1 rings (SSSR count). The van der Waals surface area contributed by atoms with E-state index in [2.05, 4.69) is 0 Å². The molecule has 1 N–H and O–H groups in total. The Hall–Kier alpha value is -1.91. The first-order valence-electron chi connectivity index (χ1n) is 4.71. The highest BCUT2D eigenvalue weighted by molar-refractivity contribution is 5.97. The first-order chi connectivity index (χ1) is 7.43. The quantitative estimate of drug-likeness (QED) is 0.850. The number of anilines is 1. The molecule has 1 aromatic rings. The van der Waals surface area contributed by atoms with Crippen LogP contribution < -0.4 is 4.90 Å². The van der Waals surface area contributed by atoms with Crippen LogP contribution in [-0.2, 0) is 9.59 Å². The summed E-state index contributed by atoms with van der Waals surface area (Å²) >= 11 is 0. The molecule has 0 aliphatic carbocycles. The average molecular weight is 225 g/mol. The normalized spacial score (nSPS) is 11.9. The summed E-state index contributed by atoms with van der Waals surface area (Å²) in [4.78, 5) is 23.3. The van der Waals surface area contributed by atoms with Crippen molar-refractivity contribution in [3.8, 4) is 0 Å². The molecule has 4 nitrogen and oxygen atoms in total. The lowest BCUT2D eigenvalue weighted by Gasteiger charge is -2.25. The van der Waals surface area contributed by atoms with Gasteiger partial charge >= 0.3 is 5.97 Å². The number of carbonyl (C=O) groups excluding carboxylic acids is 1. The van der Waals surface area contributed by atoms with E-state index in [9.17, 15) is 14.0 Å². The first-order valence-corrected chi connectivity index (χ1v) is 4.71. The second-order valence-corrected chi connectivity index (χ2v) is 3.38. The van der Waals surface area contributed by atoms with Gasteiger partial charge in [-0.15, -0.1) is 0 Å². The monoisotopic (exact) mass is 225 g/mol. The second kappa shape index (κ2) is 4.74. The van der Waals surface area contributed by atoms with Crippen LogP contribution in [0.15, 0.2) is 24.3 Å². The molecule has 0 radical (unpaired) electrons. The van der Waals surface area contributed by atoms with Gasteiger partial charge in [-0.25, -0.2) is 9.18 Å². The van der Waals surface area contributed by atoms with Crippen molar-refractivity contribution in [1.82, 2.24) is 0 Å². The number of hydrogen-bond acceptors (Lipinski definition) is 2. The van der Waals surface area contributed by atoms with E-state index in [1.165, 1.54) is 38.1 Å². The van der Waals surface area contributed by atoms with Crippen LogP contribution in [0.2, 0.25) is 0 Å². The highest BCUT2D eigenvalue weighted by Gasteiger charge is 2.24. The van der Waals surface area contributed by atoms with Crippen LogP contribution in [0, 0.1) is 5.82 Å². The number of aliphatic carboxylic acids is 1. The van der Waals surface area contributed by atoms with E-state index < -0.39 is 23.7 Å². The molecule has 0 aromatic heterocycles. The summed E-state index contributed by atoms with van der Waals surface area (Å²) in [7, 11) is 0. The minimum atomic E-state index is -1.11. The molecule has 0 fully saturated rings. The minimum Gasteiger partial charge on any atom is -0.480 e. The third kappa shape index (κ3) is 2.56. The van der Waals surface area contributed by atoms with Gasteiger partial charge in [0.1, 0.15) is 11.9 Å². The Morgan fingerprint density at radius 1 is 1.31 bits per heavy atom. The zero-order chi connectivity index (χ0) is 12.3. The van der Waals surface area contributed by atoms with Gasteiger partial charge in [0, 0.05) is 12.6 Å². The van der Waals surface area contributed by atoms with Crippen molar-refractivity contribution >= 4 is 17.6 Å². The maximum absolute atomic E-state index is 12.7. The third-order valence-corrected chi connectivity index (χ3v) is 2.19. The topological polar surface area (TPSA) is 57.6 Å². The lowest BCUT2D eigenvalue weighted by atomic mass is 10.2. The van der Waals surface area contributed by atoms with Crippen molar-refractivity contribution in [3.05, 3.63) is 30.1 Å². The van der Waals surface area contributed by atoms with Crippen LogP contribution in [0.1, 0.15) is 13.8 Å². The van der Waals surface area contributed by atoms with Crippen molar-refractivity contribution in [2.24, 2.45) is 0 Å². The molecule has 1 amide bonds. The van der Waals surface area contributed by atoms with E-state index in [1.807, 2.05) is 0 Å². The molecule has 0 heterocycles. The number of hydrogen-bond donors (Lipinski definition) is 1. The predicted octanol–water partition coefficient (Wildman–Crippen LogP) is 1.65. The summed E-state index contributed by atoms with van der Waals surface area (Å²) < 4.78 is 12.7. The van der Waals surface area contributed by atoms with Gasteiger partial charge in [-0.3, -0.25) is 9.69 Å². The predicted molar refractivity (Wildman–Crippen MR) is 56.7 cm³/mol. The smallest absolute Gasteiger partial charge is 0.326 e. The summed E-state index contributed by atoms with van der Waals surface area (Å²) in [5.74, 6) is -1.95. The van der Waals surface area contributed by atoms with Crippen molar-refractivity contribution in [2.45, 2.75) is 19.9 Å². The van der Waals surface area contributed by atoms with Gasteiger partial charge in [0.2, 0.25) is 5.91 Å². The summed E-state index contributed by atoms with van der Waals surface area (Å²) in [6.45, 7) is 2.66. The van der Waals surface area contributed by atoms with E-state index in [1.54, 1.807) is 0 Å². The molecule has 0 bridgehead atoms. The fourth-order valence-electron chi connectivity index (χ4n) is 1.39. The lowest BCUT2D eigenvalue weighted by Crippen LogP contribution is -2.42. The molecule has 86 valence electrons. The van der Waals surface area contributed by atoms with Crippen LogP contribution in [0.5, 0.6) is 0 Å². The number of nitrogens with zero attached hydrogens (tertiary/aromatic N) is 1. The first kappa shape index (κ1) is 12.2. The zero-order valence-electron chi connectivity index (χ0n) is 8.98. The summed E-state index contributed by atoms with van der Waals surface area (Å²) in [6, 6.07) is 4.12. The molecule has 0 saturated heterocycles. The van der Waals surface area contributed by atoms with Gasteiger partial charge < -0.3 is 5.11 Å².